The maximum atomic E-state index is 13.4. The van der Waals surface area contributed by atoms with Crippen LogP contribution in [0.5, 0.6) is 0 Å². The van der Waals surface area contributed by atoms with Crippen LogP contribution < -0.4 is 5.32 Å². The quantitative estimate of drug-likeness (QED) is 0.875. The number of hydrogen-bond acceptors (Lipinski definition) is 3. The van der Waals surface area contributed by atoms with Gasteiger partial charge in [0.2, 0.25) is 0 Å². The van der Waals surface area contributed by atoms with Crippen LogP contribution >= 0.6 is 0 Å². The van der Waals surface area contributed by atoms with Crippen molar-refractivity contribution < 1.29 is 9.59 Å². The number of carbonyl (C=O) groups excluding carboxylic acids is 2. The SMILES string of the molecule is CC1=N[C@]2(CC[C@H]3CN(C(=O)Nc4ccccc4C)C[C@H]32)C(=O)N1CC1CC1. The number of nitrogens with one attached hydrogen (secondary N) is 1. The first kappa shape index (κ1) is 17.7. The number of aryl methyl sites for hydroxylation is 1. The molecule has 1 spiro atoms. The van der Waals surface area contributed by atoms with Gasteiger partial charge in [0.1, 0.15) is 11.4 Å². The zero-order valence-electron chi connectivity index (χ0n) is 16.6. The van der Waals surface area contributed by atoms with Crippen molar-refractivity contribution in [3.05, 3.63) is 29.8 Å². The van der Waals surface area contributed by atoms with E-state index in [1.54, 1.807) is 0 Å². The fourth-order valence-corrected chi connectivity index (χ4v) is 5.32. The van der Waals surface area contributed by atoms with Crippen molar-refractivity contribution in [1.29, 1.82) is 0 Å². The van der Waals surface area contributed by atoms with Gasteiger partial charge in [0.25, 0.3) is 5.91 Å². The Morgan fingerprint density at radius 2 is 2.00 bits per heavy atom. The van der Waals surface area contributed by atoms with Crippen molar-refractivity contribution in [2.75, 3.05) is 25.0 Å². The van der Waals surface area contributed by atoms with E-state index in [0.29, 0.717) is 24.9 Å². The van der Waals surface area contributed by atoms with Crippen molar-refractivity contribution >= 4 is 23.5 Å². The molecule has 6 nitrogen and oxygen atoms in total. The van der Waals surface area contributed by atoms with E-state index in [-0.39, 0.29) is 17.9 Å². The van der Waals surface area contributed by atoms with Crippen molar-refractivity contribution in [2.24, 2.45) is 22.7 Å². The average Bonchev–Trinajstić information content (AvgIpc) is 3.21. The number of benzene rings is 1. The summed E-state index contributed by atoms with van der Waals surface area (Å²) in [5.74, 6) is 2.22. The van der Waals surface area contributed by atoms with E-state index in [9.17, 15) is 9.59 Å². The van der Waals surface area contributed by atoms with Crippen LogP contribution in [-0.2, 0) is 4.79 Å². The fraction of sp³-hybridized carbons (Fsp3) is 0.591. The van der Waals surface area contributed by atoms with Gasteiger partial charge in [-0.2, -0.15) is 0 Å². The van der Waals surface area contributed by atoms with Crippen LogP contribution in [0.2, 0.25) is 0 Å². The van der Waals surface area contributed by atoms with Crippen molar-refractivity contribution in [2.45, 2.75) is 45.1 Å². The molecular weight excluding hydrogens is 352 g/mol. The highest BCUT2D eigenvalue weighted by molar-refractivity contribution is 6.08. The third-order valence-electron chi connectivity index (χ3n) is 7.13. The van der Waals surface area contributed by atoms with Crippen LogP contribution in [0.3, 0.4) is 0 Å². The zero-order valence-corrected chi connectivity index (χ0v) is 16.6. The first-order valence-corrected chi connectivity index (χ1v) is 10.5. The number of anilines is 1. The van der Waals surface area contributed by atoms with Crippen LogP contribution in [-0.4, -0.2) is 52.7 Å². The van der Waals surface area contributed by atoms with Gasteiger partial charge in [-0.1, -0.05) is 18.2 Å². The van der Waals surface area contributed by atoms with Gasteiger partial charge < -0.3 is 10.2 Å². The predicted octanol–water partition coefficient (Wildman–Crippen LogP) is 3.28. The molecule has 4 aliphatic rings. The minimum atomic E-state index is -0.624. The summed E-state index contributed by atoms with van der Waals surface area (Å²) in [4.78, 5) is 34.9. The highest BCUT2D eigenvalue weighted by Crippen LogP contribution is 2.50. The van der Waals surface area contributed by atoms with Gasteiger partial charge in [0.15, 0.2) is 0 Å². The molecule has 3 fully saturated rings. The number of fused-ring (bicyclic) bond motifs is 2. The number of likely N-dealkylation sites (tertiary alicyclic amines) is 1. The summed E-state index contributed by atoms with van der Waals surface area (Å²) in [6.07, 6.45) is 4.25. The van der Waals surface area contributed by atoms with Crippen LogP contribution in [0.1, 0.15) is 38.2 Å². The van der Waals surface area contributed by atoms with Crippen LogP contribution in [0.25, 0.3) is 0 Å². The molecule has 3 atom stereocenters. The standard InChI is InChI=1S/C22H28N4O2/c1-14-5-3-4-6-19(14)23-21(28)25-12-17-9-10-22(18(17)13-25)20(27)26(15(2)24-22)11-16-7-8-16/h3-6,16-18H,7-13H2,1-2H3,(H,23,28)/t17-,18+,22-/m0/s1. The summed E-state index contributed by atoms with van der Waals surface area (Å²) >= 11 is 0. The molecule has 1 aromatic rings. The van der Waals surface area contributed by atoms with E-state index >= 15 is 0 Å². The van der Waals surface area contributed by atoms with Crippen molar-refractivity contribution in [3.8, 4) is 0 Å². The van der Waals surface area contributed by atoms with Gasteiger partial charge in [-0.25, -0.2) is 4.79 Å². The summed E-state index contributed by atoms with van der Waals surface area (Å²) in [7, 11) is 0. The van der Waals surface area contributed by atoms with Gasteiger partial charge >= 0.3 is 6.03 Å². The lowest BCUT2D eigenvalue weighted by Crippen LogP contribution is -2.47. The maximum absolute atomic E-state index is 13.4. The molecule has 0 radical (unpaired) electrons. The third kappa shape index (κ3) is 2.73. The monoisotopic (exact) mass is 380 g/mol. The predicted molar refractivity (Wildman–Crippen MR) is 108 cm³/mol. The molecule has 0 unspecified atom stereocenters. The van der Waals surface area contributed by atoms with E-state index in [4.69, 9.17) is 4.99 Å². The topological polar surface area (TPSA) is 65.0 Å². The molecule has 1 aromatic carbocycles. The number of urea groups is 1. The molecular formula is C22H28N4O2. The molecule has 2 aliphatic carbocycles. The highest BCUT2D eigenvalue weighted by atomic mass is 16.2. The first-order chi connectivity index (χ1) is 13.5. The molecule has 28 heavy (non-hydrogen) atoms. The molecule has 1 N–H and O–H groups in total. The second-order valence-electron chi connectivity index (χ2n) is 9.00. The number of amidine groups is 1. The number of carbonyl (C=O) groups is 2. The van der Waals surface area contributed by atoms with E-state index < -0.39 is 5.54 Å². The van der Waals surface area contributed by atoms with Gasteiger partial charge in [0.05, 0.1) is 0 Å². The average molecular weight is 380 g/mol. The molecule has 2 saturated carbocycles. The molecule has 0 bridgehead atoms. The molecule has 2 heterocycles. The number of hydrogen-bond donors (Lipinski definition) is 1. The lowest BCUT2D eigenvalue weighted by molar-refractivity contribution is -0.132. The molecule has 2 aliphatic heterocycles. The van der Waals surface area contributed by atoms with Crippen LogP contribution in [0.4, 0.5) is 10.5 Å². The largest absolute Gasteiger partial charge is 0.324 e. The van der Waals surface area contributed by atoms with Crippen LogP contribution in [0.15, 0.2) is 29.3 Å². The number of aliphatic imine (C=N–C) groups is 1. The van der Waals surface area contributed by atoms with E-state index in [0.717, 1.165) is 36.5 Å². The molecule has 148 valence electrons. The molecule has 6 heteroatoms. The Labute approximate surface area is 166 Å². The lowest BCUT2D eigenvalue weighted by Gasteiger charge is -2.28. The second kappa shape index (κ2) is 6.33. The smallest absolute Gasteiger partial charge is 0.321 e. The minimum Gasteiger partial charge on any atom is -0.324 e. The summed E-state index contributed by atoms with van der Waals surface area (Å²) < 4.78 is 0. The Balaban J connectivity index is 1.31. The number of amides is 3. The van der Waals surface area contributed by atoms with Crippen LogP contribution in [0, 0.1) is 24.7 Å². The number of rotatable bonds is 3. The fourth-order valence-electron chi connectivity index (χ4n) is 5.32. The Bertz CT molecular complexity index is 862. The normalized spacial score (nSPS) is 31.5. The molecule has 3 amide bonds. The summed E-state index contributed by atoms with van der Waals surface area (Å²) in [6.45, 7) is 6.12. The van der Waals surface area contributed by atoms with Gasteiger partial charge in [0, 0.05) is 31.2 Å². The first-order valence-electron chi connectivity index (χ1n) is 10.5. The Kier molecular flexibility index (Phi) is 4.00. The van der Waals surface area contributed by atoms with E-state index in [1.807, 2.05) is 47.9 Å². The summed E-state index contributed by atoms with van der Waals surface area (Å²) in [5.41, 5.74) is 1.27. The number of nitrogens with zero attached hydrogens (tertiary/aromatic N) is 3. The van der Waals surface area contributed by atoms with Gasteiger partial charge in [-0.15, -0.1) is 0 Å². The van der Waals surface area contributed by atoms with E-state index in [1.165, 1.54) is 12.8 Å². The molecule has 1 saturated heterocycles. The molecule has 0 aromatic heterocycles. The number of para-hydroxylation sites is 1. The second-order valence-corrected chi connectivity index (χ2v) is 9.00. The van der Waals surface area contributed by atoms with Gasteiger partial charge in [-0.05, 0) is 63.0 Å². The summed E-state index contributed by atoms with van der Waals surface area (Å²) in [5, 5.41) is 3.04. The Hall–Kier alpha value is -2.37. The van der Waals surface area contributed by atoms with E-state index in [2.05, 4.69) is 5.32 Å². The zero-order chi connectivity index (χ0) is 19.5. The van der Waals surface area contributed by atoms with Crippen molar-refractivity contribution in [3.63, 3.8) is 0 Å². The maximum Gasteiger partial charge on any atom is 0.321 e. The van der Waals surface area contributed by atoms with Crippen molar-refractivity contribution in [1.82, 2.24) is 9.80 Å². The minimum absolute atomic E-state index is 0.0696. The third-order valence-corrected chi connectivity index (χ3v) is 7.13. The lowest BCUT2D eigenvalue weighted by atomic mass is 9.85. The van der Waals surface area contributed by atoms with Gasteiger partial charge in [-0.3, -0.25) is 14.7 Å². The summed E-state index contributed by atoms with van der Waals surface area (Å²) in [6, 6.07) is 7.75. The molecule has 5 rings (SSSR count). The Morgan fingerprint density at radius 3 is 2.75 bits per heavy atom. The Morgan fingerprint density at radius 1 is 1.21 bits per heavy atom. The highest BCUT2D eigenvalue weighted by Gasteiger charge is 2.61.